The molecule has 0 saturated heterocycles. The minimum Gasteiger partial charge on any atom is -0.376 e. The topological polar surface area (TPSA) is 65.2 Å². The number of carbonyl (C=O) groups excluding carboxylic acids is 1. The maximum absolute atomic E-state index is 13.1. The van der Waals surface area contributed by atoms with Crippen LogP contribution in [0.3, 0.4) is 0 Å². The van der Waals surface area contributed by atoms with Crippen LogP contribution in [-0.2, 0) is 4.79 Å². The zero-order valence-electron chi connectivity index (χ0n) is 12.8. The van der Waals surface area contributed by atoms with Crippen LogP contribution >= 0.6 is 23.8 Å². The van der Waals surface area contributed by atoms with Crippen LogP contribution in [0.2, 0.25) is 5.02 Å². The van der Waals surface area contributed by atoms with Crippen molar-refractivity contribution in [1.29, 1.82) is 0 Å². The Hall–Kier alpha value is -2.38. The van der Waals surface area contributed by atoms with Crippen LogP contribution in [0.1, 0.15) is 5.56 Å². The van der Waals surface area contributed by atoms with Gasteiger partial charge >= 0.3 is 0 Å². The van der Waals surface area contributed by atoms with E-state index < -0.39 is 5.82 Å². The molecule has 0 radical (unpaired) electrons. The van der Waals surface area contributed by atoms with Crippen molar-refractivity contribution >= 4 is 46.2 Å². The van der Waals surface area contributed by atoms with E-state index in [0.717, 1.165) is 11.3 Å². The number of nitrogens with one attached hydrogen (secondary N) is 4. The molecule has 0 aliphatic rings. The number of aryl methyl sites for hydroxylation is 1. The Morgan fingerprint density at radius 1 is 1.12 bits per heavy atom. The highest BCUT2D eigenvalue weighted by atomic mass is 35.5. The lowest BCUT2D eigenvalue weighted by molar-refractivity contribution is -0.119. The predicted molar refractivity (Wildman–Crippen MR) is 98.6 cm³/mol. The minimum absolute atomic E-state index is 0.0193. The van der Waals surface area contributed by atoms with Gasteiger partial charge in [-0.1, -0.05) is 29.3 Å². The molecule has 4 N–H and O–H groups in total. The Morgan fingerprint density at radius 2 is 1.79 bits per heavy atom. The lowest BCUT2D eigenvalue weighted by Gasteiger charge is -2.12. The highest BCUT2D eigenvalue weighted by molar-refractivity contribution is 7.80. The van der Waals surface area contributed by atoms with E-state index in [9.17, 15) is 9.18 Å². The van der Waals surface area contributed by atoms with Gasteiger partial charge in [-0.25, -0.2) is 4.39 Å². The molecule has 2 aromatic rings. The number of hydrogen-bond donors (Lipinski definition) is 4. The van der Waals surface area contributed by atoms with Crippen molar-refractivity contribution < 1.29 is 9.18 Å². The molecule has 0 bridgehead atoms. The average molecular weight is 367 g/mol. The summed E-state index contributed by atoms with van der Waals surface area (Å²) in [6.07, 6.45) is 0. The number of benzene rings is 2. The lowest BCUT2D eigenvalue weighted by atomic mass is 10.2. The monoisotopic (exact) mass is 366 g/mol. The van der Waals surface area contributed by atoms with Crippen LogP contribution < -0.4 is 21.5 Å². The van der Waals surface area contributed by atoms with Gasteiger partial charge in [0, 0.05) is 11.4 Å². The Kier molecular flexibility index (Phi) is 6.34. The maximum Gasteiger partial charge on any atom is 0.257 e. The number of hydrogen-bond acceptors (Lipinski definition) is 3. The molecule has 0 atom stereocenters. The first-order valence-corrected chi connectivity index (χ1v) is 7.84. The summed E-state index contributed by atoms with van der Waals surface area (Å²) in [7, 11) is 0. The number of amides is 1. The third-order valence-electron chi connectivity index (χ3n) is 3.00. The van der Waals surface area contributed by atoms with Gasteiger partial charge in [-0.05, 0) is 49.5 Å². The quantitative estimate of drug-likeness (QED) is 0.494. The van der Waals surface area contributed by atoms with Gasteiger partial charge in [0.1, 0.15) is 5.82 Å². The van der Waals surface area contributed by atoms with Gasteiger partial charge in [0.05, 0.1) is 11.6 Å². The van der Waals surface area contributed by atoms with E-state index in [1.54, 1.807) is 0 Å². The summed E-state index contributed by atoms with van der Waals surface area (Å²) in [5.41, 5.74) is 7.50. The van der Waals surface area contributed by atoms with Crippen molar-refractivity contribution in [3.63, 3.8) is 0 Å². The van der Waals surface area contributed by atoms with E-state index in [1.165, 1.54) is 18.2 Å². The van der Waals surface area contributed by atoms with Crippen molar-refractivity contribution in [2.75, 3.05) is 17.2 Å². The standard InChI is InChI=1S/C16H16ClFN4OS/c1-10-2-4-11(5-3-10)19-9-15(23)21-22-16(24)20-12-6-7-14(18)13(17)8-12/h2-8,19H,9H2,1H3,(H,21,23)(H2,20,22,24). The van der Waals surface area contributed by atoms with Gasteiger partial charge in [0.25, 0.3) is 5.91 Å². The van der Waals surface area contributed by atoms with Crippen molar-refractivity contribution in [2.24, 2.45) is 0 Å². The number of halogens is 2. The average Bonchev–Trinajstić information content (AvgIpc) is 2.56. The van der Waals surface area contributed by atoms with Crippen LogP contribution in [0.4, 0.5) is 15.8 Å². The van der Waals surface area contributed by atoms with Gasteiger partial charge in [-0.15, -0.1) is 0 Å². The molecule has 0 fully saturated rings. The largest absolute Gasteiger partial charge is 0.376 e. The predicted octanol–water partition coefficient (Wildman–Crippen LogP) is 3.22. The Bertz CT molecular complexity index is 739. The zero-order chi connectivity index (χ0) is 17.5. The number of anilines is 2. The minimum atomic E-state index is -0.517. The van der Waals surface area contributed by atoms with E-state index in [0.29, 0.717) is 5.69 Å². The SMILES string of the molecule is Cc1ccc(NCC(=O)NNC(=S)Nc2ccc(F)c(Cl)c2)cc1. The van der Waals surface area contributed by atoms with Crippen molar-refractivity contribution in [3.05, 3.63) is 58.9 Å². The van der Waals surface area contributed by atoms with Gasteiger partial charge in [0.15, 0.2) is 5.11 Å². The molecule has 0 aliphatic carbocycles. The molecule has 0 spiro atoms. The van der Waals surface area contributed by atoms with Gasteiger partial charge in [0.2, 0.25) is 0 Å². The smallest absolute Gasteiger partial charge is 0.257 e. The molecule has 5 nitrogen and oxygen atoms in total. The first kappa shape index (κ1) is 18.0. The molecule has 1 amide bonds. The molecule has 8 heteroatoms. The van der Waals surface area contributed by atoms with Gasteiger partial charge in [-0.3, -0.25) is 15.6 Å². The summed E-state index contributed by atoms with van der Waals surface area (Å²) < 4.78 is 13.1. The van der Waals surface area contributed by atoms with Crippen LogP contribution in [0.5, 0.6) is 0 Å². The van der Waals surface area contributed by atoms with E-state index >= 15 is 0 Å². The Labute approximate surface area is 149 Å². The molecule has 2 aromatic carbocycles. The van der Waals surface area contributed by atoms with Gasteiger partial charge < -0.3 is 10.6 Å². The molecule has 126 valence electrons. The molecule has 0 heterocycles. The van der Waals surface area contributed by atoms with Gasteiger partial charge in [-0.2, -0.15) is 0 Å². The highest BCUT2D eigenvalue weighted by Gasteiger charge is 2.04. The molecule has 0 saturated carbocycles. The van der Waals surface area contributed by atoms with Crippen LogP contribution in [0, 0.1) is 12.7 Å². The van der Waals surface area contributed by atoms with E-state index in [4.69, 9.17) is 23.8 Å². The zero-order valence-corrected chi connectivity index (χ0v) is 14.4. The summed E-state index contributed by atoms with van der Waals surface area (Å²) in [6.45, 7) is 2.07. The first-order chi connectivity index (χ1) is 11.4. The summed E-state index contributed by atoms with van der Waals surface area (Å²) in [4.78, 5) is 11.7. The summed E-state index contributed by atoms with van der Waals surface area (Å²) in [6, 6.07) is 11.8. The number of hydrazine groups is 1. The summed E-state index contributed by atoms with van der Waals surface area (Å²) in [5.74, 6) is -0.812. The highest BCUT2D eigenvalue weighted by Crippen LogP contribution is 2.19. The fourth-order valence-corrected chi connectivity index (χ4v) is 2.11. The van der Waals surface area contributed by atoms with Crippen LogP contribution in [0.25, 0.3) is 0 Å². The number of thiocarbonyl (C=S) groups is 1. The Morgan fingerprint density at radius 3 is 2.46 bits per heavy atom. The van der Waals surface area contributed by atoms with Crippen molar-refractivity contribution in [1.82, 2.24) is 10.9 Å². The second-order valence-electron chi connectivity index (χ2n) is 4.98. The fourth-order valence-electron chi connectivity index (χ4n) is 1.76. The lowest BCUT2D eigenvalue weighted by Crippen LogP contribution is -2.45. The third-order valence-corrected chi connectivity index (χ3v) is 3.49. The van der Waals surface area contributed by atoms with E-state index in [2.05, 4.69) is 21.5 Å². The molecule has 2 rings (SSSR count). The first-order valence-electron chi connectivity index (χ1n) is 7.05. The number of carbonyl (C=O) groups is 1. The normalized spacial score (nSPS) is 9.96. The molecular weight excluding hydrogens is 351 g/mol. The molecule has 0 aromatic heterocycles. The van der Waals surface area contributed by atoms with Crippen molar-refractivity contribution in [2.45, 2.75) is 6.92 Å². The van der Waals surface area contributed by atoms with E-state index in [1.807, 2.05) is 31.2 Å². The maximum atomic E-state index is 13.1. The second-order valence-corrected chi connectivity index (χ2v) is 5.79. The molecule has 24 heavy (non-hydrogen) atoms. The van der Waals surface area contributed by atoms with E-state index in [-0.39, 0.29) is 22.6 Å². The van der Waals surface area contributed by atoms with Crippen molar-refractivity contribution in [3.8, 4) is 0 Å². The Balaban J connectivity index is 1.73. The van der Waals surface area contributed by atoms with Crippen LogP contribution in [0.15, 0.2) is 42.5 Å². The van der Waals surface area contributed by atoms with Crippen LogP contribution in [-0.4, -0.2) is 17.6 Å². The fraction of sp³-hybridized carbons (Fsp3) is 0.125. The number of rotatable bonds is 4. The molecular formula is C16H16ClFN4OS. The summed E-state index contributed by atoms with van der Waals surface area (Å²) >= 11 is 10.7. The second kappa shape index (κ2) is 8.47. The summed E-state index contributed by atoms with van der Waals surface area (Å²) in [5, 5.41) is 5.90. The molecule has 0 aliphatic heterocycles. The third kappa shape index (κ3) is 5.68. The molecule has 0 unspecified atom stereocenters.